The summed E-state index contributed by atoms with van der Waals surface area (Å²) in [4.78, 5) is 36.1. The molecule has 0 bridgehead atoms. The zero-order valence-electron chi connectivity index (χ0n) is 14.2. The van der Waals surface area contributed by atoms with E-state index in [1.165, 1.54) is 7.11 Å². The number of anilines is 1. The minimum Gasteiger partial charge on any atom is -0.465 e. The van der Waals surface area contributed by atoms with E-state index in [4.69, 9.17) is 0 Å². The van der Waals surface area contributed by atoms with Crippen molar-refractivity contribution >= 4 is 23.5 Å². The summed E-state index contributed by atoms with van der Waals surface area (Å²) >= 11 is 0. The summed E-state index contributed by atoms with van der Waals surface area (Å²) in [5.74, 6) is -0.915. The van der Waals surface area contributed by atoms with Crippen LogP contribution in [0.15, 0.2) is 24.3 Å². The van der Waals surface area contributed by atoms with Gasteiger partial charge in [0.05, 0.1) is 12.7 Å². The predicted molar refractivity (Wildman–Crippen MR) is 90.6 cm³/mol. The van der Waals surface area contributed by atoms with Gasteiger partial charge < -0.3 is 15.4 Å². The van der Waals surface area contributed by atoms with Gasteiger partial charge >= 0.3 is 5.97 Å². The Morgan fingerprint density at radius 1 is 1.08 bits per heavy atom. The van der Waals surface area contributed by atoms with Gasteiger partial charge in [-0.3, -0.25) is 9.59 Å². The number of carbonyl (C=O) groups excluding carboxylic acids is 3. The molecule has 6 heteroatoms. The van der Waals surface area contributed by atoms with Gasteiger partial charge in [-0.05, 0) is 43.5 Å². The van der Waals surface area contributed by atoms with E-state index >= 15 is 0 Å². The molecule has 0 unspecified atom stereocenters. The van der Waals surface area contributed by atoms with Crippen LogP contribution in [0.4, 0.5) is 5.69 Å². The van der Waals surface area contributed by atoms with Gasteiger partial charge in [-0.2, -0.15) is 0 Å². The van der Waals surface area contributed by atoms with E-state index in [-0.39, 0.29) is 11.8 Å². The normalized spacial score (nSPS) is 14.6. The molecule has 0 heterocycles. The second-order valence-corrected chi connectivity index (χ2v) is 6.07. The molecule has 0 saturated heterocycles. The Labute approximate surface area is 142 Å². The Balaban J connectivity index is 1.91. The molecule has 24 heavy (non-hydrogen) atoms. The van der Waals surface area contributed by atoms with Gasteiger partial charge in [-0.1, -0.05) is 19.8 Å². The molecule has 1 saturated carbocycles. The molecule has 0 aromatic heterocycles. The van der Waals surface area contributed by atoms with Crippen LogP contribution in [-0.2, 0) is 14.3 Å². The molecule has 2 N–H and O–H groups in total. The van der Waals surface area contributed by atoms with E-state index in [1.54, 1.807) is 24.3 Å². The van der Waals surface area contributed by atoms with E-state index in [2.05, 4.69) is 22.3 Å². The standard InChI is InChI=1S/C18H24N2O4/c1-3-4-5-12-19-16(22)18(10-11-18)17(23)20-14-8-6-13(7-9-14)15(21)24-2/h6-9H,3-5,10-12H2,1-2H3,(H,19,22)(H,20,23). The number of nitrogens with one attached hydrogen (secondary N) is 2. The van der Waals surface area contributed by atoms with E-state index < -0.39 is 11.4 Å². The SMILES string of the molecule is CCCCCNC(=O)C1(C(=O)Nc2ccc(C(=O)OC)cc2)CC1. The predicted octanol–water partition coefficient (Wildman–Crippen LogP) is 2.50. The molecule has 2 amide bonds. The third kappa shape index (κ3) is 4.13. The average Bonchev–Trinajstić information content (AvgIpc) is 3.40. The van der Waals surface area contributed by atoms with Crippen molar-refractivity contribution in [3.63, 3.8) is 0 Å². The van der Waals surface area contributed by atoms with Crippen molar-refractivity contribution in [1.29, 1.82) is 0 Å². The van der Waals surface area contributed by atoms with Gasteiger partial charge in [-0.15, -0.1) is 0 Å². The zero-order valence-corrected chi connectivity index (χ0v) is 14.2. The van der Waals surface area contributed by atoms with E-state index in [9.17, 15) is 14.4 Å². The van der Waals surface area contributed by atoms with Crippen LogP contribution in [0.5, 0.6) is 0 Å². The Morgan fingerprint density at radius 2 is 1.75 bits per heavy atom. The first-order valence-electron chi connectivity index (χ1n) is 8.31. The fourth-order valence-electron chi connectivity index (χ4n) is 2.49. The first-order valence-corrected chi connectivity index (χ1v) is 8.31. The van der Waals surface area contributed by atoms with Crippen molar-refractivity contribution in [3.05, 3.63) is 29.8 Å². The molecule has 6 nitrogen and oxygen atoms in total. The number of rotatable bonds is 8. The lowest BCUT2D eigenvalue weighted by atomic mass is 10.0. The maximum atomic E-state index is 12.4. The number of hydrogen-bond donors (Lipinski definition) is 2. The van der Waals surface area contributed by atoms with Crippen molar-refractivity contribution in [2.75, 3.05) is 19.0 Å². The van der Waals surface area contributed by atoms with Crippen LogP contribution < -0.4 is 10.6 Å². The minimum absolute atomic E-state index is 0.192. The minimum atomic E-state index is -0.937. The molecule has 1 aliphatic rings. The van der Waals surface area contributed by atoms with Crippen molar-refractivity contribution in [1.82, 2.24) is 5.32 Å². The van der Waals surface area contributed by atoms with Gasteiger partial charge in [0.25, 0.3) is 0 Å². The van der Waals surface area contributed by atoms with Gasteiger partial charge in [-0.25, -0.2) is 4.79 Å². The molecule has 1 aliphatic carbocycles. The lowest BCUT2D eigenvalue weighted by molar-refractivity contribution is -0.134. The average molecular weight is 332 g/mol. The van der Waals surface area contributed by atoms with Crippen LogP contribution in [0.2, 0.25) is 0 Å². The van der Waals surface area contributed by atoms with Gasteiger partial charge in [0.15, 0.2) is 0 Å². The van der Waals surface area contributed by atoms with Crippen LogP contribution in [0.25, 0.3) is 0 Å². The first kappa shape index (κ1) is 18.0. The van der Waals surface area contributed by atoms with E-state index in [1.807, 2.05) is 0 Å². The molecule has 0 radical (unpaired) electrons. The van der Waals surface area contributed by atoms with Crippen LogP contribution in [0.1, 0.15) is 49.4 Å². The summed E-state index contributed by atoms with van der Waals surface area (Å²) in [6, 6.07) is 6.40. The number of carbonyl (C=O) groups is 3. The van der Waals surface area contributed by atoms with Crippen LogP contribution >= 0.6 is 0 Å². The molecule has 1 fully saturated rings. The molecule has 1 aromatic rings. The largest absolute Gasteiger partial charge is 0.465 e. The highest BCUT2D eigenvalue weighted by atomic mass is 16.5. The fourth-order valence-corrected chi connectivity index (χ4v) is 2.49. The third-order valence-corrected chi connectivity index (χ3v) is 4.25. The van der Waals surface area contributed by atoms with Gasteiger partial charge in [0.2, 0.25) is 11.8 Å². The van der Waals surface area contributed by atoms with Crippen LogP contribution in [-0.4, -0.2) is 31.4 Å². The molecular weight excluding hydrogens is 308 g/mol. The molecule has 2 rings (SSSR count). The summed E-state index contributed by atoms with van der Waals surface area (Å²) in [6.45, 7) is 2.71. The first-order chi connectivity index (χ1) is 11.5. The maximum absolute atomic E-state index is 12.4. The summed E-state index contributed by atoms with van der Waals surface area (Å²) in [5, 5.41) is 5.62. The number of hydrogen-bond acceptors (Lipinski definition) is 4. The zero-order chi connectivity index (χ0) is 17.6. The fraction of sp³-hybridized carbons (Fsp3) is 0.500. The lowest BCUT2D eigenvalue weighted by Crippen LogP contribution is -2.40. The summed E-state index contributed by atoms with van der Waals surface area (Å²) in [5.41, 5.74) is 0.0239. The topological polar surface area (TPSA) is 84.5 Å². The molecule has 130 valence electrons. The lowest BCUT2D eigenvalue weighted by Gasteiger charge is -2.15. The Bertz CT molecular complexity index is 606. The van der Waals surface area contributed by atoms with Crippen molar-refractivity contribution < 1.29 is 19.1 Å². The highest BCUT2D eigenvalue weighted by molar-refractivity contribution is 6.13. The molecule has 0 atom stereocenters. The third-order valence-electron chi connectivity index (χ3n) is 4.25. The molecule has 0 spiro atoms. The second-order valence-electron chi connectivity index (χ2n) is 6.07. The summed E-state index contributed by atoms with van der Waals surface area (Å²) in [7, 11) is 1.31. The van der Waals surface area contributed by atoms with Crippen molar-refractivity contribution in [2.24, 2.45) is 5.41 Å². The smallest absolute Gasteiger partial charge is 0.337 e. The maximum Gasteiger partial charge on any atom is 0.337 e. The summed E-state index contributed by atoms with van der Waals surface area (Å²) in [6.07, 6.45) is 4.21. The van der Waals surface area contributed by atoms with Gasteiger partial charge in [0.1, 0.15) is 5.41 Å². The number of benzene rings is 1. The Hall–Kier alpha value is -2.37. The highest BCUT2D eigenvalue weighted by Gasteiger charge is 2.56. The number of amides is 2. The highest BCUT2D eigenvalue weighted by Crippen LogP contribution is 2.46. The second kappa shape index (κ2) is 7.95. The number of esters is 1. The quantitative estimate of drug-likeness (QED) is 0.435. The van der Waals surface area contributed by atoms with Gasteiger partial charge in [0, 0.05) is 12.2 Å². The van der Waals surface area contributed by atoms with E-state index in [0.717, 1.165) is 19.3 Å². The Kier molecular flexibility index (Phi) is 5.95. The molecule has 1 aromatic carbocycles. The monoisotopic (exact) mass is 332 g/mol. The van der Waals surface area contributed by atoms with Crippen molar-refractivity contribution in [3.8, 4) is 0 Å². The summed E-state index contributed by atoms with van der Waals surface area (Å²) < 4.78 is 4.63. The van der Waals surface area contributed by atoms with Crippen LogP contribution in [0.3, 0.4) is 0 Å². The number of ether oxygens (including phenoxy) is 1. The van der Waals surface area contributed by atoms with E-state index in [0.29, 0.717) is 30.6 Å². The van der Waals surface area contributed by atoms with Crippen LogP contribution in [0, 0.1) is 5.41 Å². The Morgan fingerprint density at radius 3 is 2.29 bits per heavy atom. The number of unbranched alkanes of at least 4 members (excludes halogenated alkanes) is 2. The molecule has 0 aliphatic heterocycles. The number of methoxy groups -OCH3 is 1. The molecular formula is C18H24N2O4. The van der Waals surface area contributed by atoms with Crippen molar-refractivity contribution in [2.45, 2.75) is 39.0 Å².